The van der Waals surface area contributed by atoms with Crippen molar-refractivity contribution in [2.45, 2.75) is 56.9 Å². The van der Waals surface area contributed by atoms with Crippen LogP contribution < -0.4 is 14.8 Å². The highest BCUT2D eigenvalue weighted by Gasteiger charge is 2.46. The maximum Gasteiger partial charge on any atom is 0.217 e. The molecule has 12 heteroatoms. The highest BCUT2D eigenvalue weighted by Crippen LogP contribution is 2.30. The summed E-state index contributed by atoms with van der Waals surface area (Å²) < 4.78 is 20.0. The maximum atomic E-state index is 11.8. The van der Waals surface area contributed by atoms with E-state index in [1.165, 1.54) is 11.6 Å². The van der Waals surface area contributed by atoms with Crippen molar-refractivity contribution in [2.24, 2.45) is 0 Å². The van der Waals surface area contributed by atoms with Gasteiger partial charge in [0.05, 0.1) is 20.8 Å². The lowest BCUT2D eigenvalue weighted by Crippen LogP contribution is -2.62. The number of aryl methyl sites for hydroxylation is 2. The molecule has 0 aliphatic carbocycles. The zero-order valence-corrected chi connectivity index (χ0v) is 20.8. The molecule has 2 heterocycles. The van der Waals surface area contributed by atoms with Crippen molar-refractivity contribution in [1.82, 2.24) is 19.7 Å². The van der Waals surface area contributed by atoms with Gasteiger partial charge in [-0.05, 0) is 36.3 Å². The highest BCUT2D eigenvalue weighted by atomic mass is 32.1. The first-order valence-electron chi connectivity index (χ1n) is 11.1. The van der Waals surface area contributed by atoms with E-state index in [1.807, 2.05) is 18.2 Å². The Morgan fingerprint density at radius 3 is 2.57 bits per heavy atom. The predicted octanol–water partition coefficient (Wildman–Crippen LogP) is 0.519. The van der Waals surface area contributed by atoms with Crippen LogP contribution in [-0.2, 0) is 28.9 Å². The highest BCUT2D eigenvalue weighted by molar-refractivity contribution is 7.71. The second kappa shape index (κ2) is 11.8. The van der Waals surface area contributed by atoms with Crippen LogP contribution in [0.4, 0.5) is 0 Å². The summed E-state index contributed by atoms with van der Waals surface area (Å²) in [6.07, 6.45) is -2.13. The summed E-state index contributed by atoms with van der Waals surface area (Å²) in [6, 6.07) is 4.62. The number of methoxy groups -OCH3 is 2. The van der Waals surface area contributed by atoms with Gasteiger partial charge >= 0.3 is 0 Å². The zero-order valence-electron chi connectivity index (χ0n) is 20.0. The topological polar surface area (TPSA) is 140 Å². The summed E-state index contributed by atoms with van der Waals surface area (Å²) in [5.74, 6) is 1.46. The van der Waals surface area contributed by atoms with Crippen molar-refractivity contribution in [1.29, 1.82) is 0 Å². The van der Waals surface area contributed by atoms with Crippen LogP contribution in [0.5, 0.6) is 11.5 Å². The summed E-state index contributed by atoms with van der Waals surface area (Å²) in [7, 11) is 3.15. The zero-order chi connectivity index (χ0) is 25.7. The van der Waals surface area contributed by atoms with Crippen LogP contribution in [0.3, 0.4) is 0 Å². The number of ether oxygens (including phenoxy) is 3. The molecule has 0 radical (unpaired) electrons. The molecule has 1 saturated heterocycles. The third-order valence-electron chi connectivity index (χ3n) is 5.87. The van der Waals surface area contributed by atoms with Gasteiger partial charge in [0.25, 0.3) is 0 Å². The van der Waals surface area contributed by atoms with E-state index in [4.69, 9.17) is 26.4 Å². The van der Waals surface area contributed by atoms with Gasteiger partial charge in [-0.1, -0.05) is 12.1 Å². The first-order valence-corrected chi connectivity index (χ1v) is 11.6. The molecular formula is C23H32N4O7S. The van der Waals surface area contributed by atoms with Crippen molar-refractivity contribution in [3.8, 4) is 11.5 Å². The summed E-state index contributed by atoms with van der Waals surface area (Å²) >= 11 is 5.65. The fraction of sp³-hybridized carbons (Fsp3) is 0.522. The number of aromatic nitrogens is 3. The van der Waals surface area contributed by atoms with Crippen LogP contribution in [0.25, 0.3) is 0 Å². The molecule has 1 aliphatic heterocycles. The normalized spacial score (nSPS) is 24.1. The van der Waals surface area contributed by atoms with E-state index in [-0.39, 0.29) is 4.77 Å². The minimum absolute atomic E-state index is 0.285. The van der Waals surface area contributed by atoms with Gasteiger partial charge in [-0.25, -0.2) is 4.68 Å². The average Bonchev–Trinajstić information content (AvgIpc) is 3.15. The van der Waals surface area contributed by atoms with Crippen LogP contribution >= 0.6 is 12.2 Å². The number of carbonyl (C=O) groups is 1. The van der Waals surface area contributed by atoms with Gasteiger partial charge in [0.2, 0.25) is 10.7 Å². The fourth-order valence-corrected chi connectivity index (χ4v) is 4.43. The van der Waals surface area contributed by atoms with Gasteiger partial charge in [-0.15, -0.1) is 6.58 Å². The third kappa shape index (κ3) is 5.73. The second-order valence-corrected chi connectivity index (χ2v) is 8.55. The number of carbonyl (C=O) groups excluding carboxylic acids is 1. The van der Waals surface area contributed by atoms with Crippen LogP contribution in [0, 0.1) is 4.77 Å². The van der Waals surface area contributed by atoms with Gasteiger partial charge in [-0.3, -0.25) is 4.79 Å². The first kappa shape index (κ1) is 26.8. The smallest absolute Gasteiger partial charge is 0.217 e. The standard InChI is InChI=1S/C23H32N4O7S/c1-5-10-26-18(9-7-14-6-8-15(32-3)16(11-14)33-4)25-27(23(26)35)22-19(24-13(2)29)21(31)20(30)17(12-28)34-22/h5-6,8,11,17,19-22,28,30-31H,1,7,9-10,12H2,2-4H3,(H,24,29)/t17-,19-,20-,21-,22-/m1/s1. The molecule has 11 nitrogen and oxygen atoms in total. The number of allylic oxidation sites excluding steroid dienone is 1. The molecule has 4 N–H and O–H groups in total. The third-order valence-corrected chi connectivity index (χ3v) is 6.28. The molecule has 1 amide bonds. The number of rotatable bonds is 10. The van der Waals surface area contributed by atoms with E-state index in [0.717, 1.165) is 5.56 Å². The van der Waals surface area contributed by atoms with Crippen molar-refractivity contribution in [3.63, 3.8) is 0 Å². The Morgan fingerprint density at radius 2 is 1.97 bits per heavy atom. The molecule has 1 aromatic carbocycles. The molecule has 2 aromatic rings. The molecule has 0 spiro atoms. The fourth-order valence-electron chi connectivity index (χ4n) is 4.11. The number of amides is 1. The summed E-state index contributed by atoms with van der Waals surface area (Å²) in [5, 5.41) is 37.9. The minimum atomic E-state index is -1.41. The Balaban J connectivity index is 1.95. The molecular weight excluding hydrogens is 476 g/mol. The molecule has 0 saturated carbocycles. The first-order chi connectivity index (χ1) is 16.7. The van der Waals surface area contributed by atoms with Gasteiger partial charge in [0.1, 0.15) is 30.2 Å². The van der Waals surface area contributed by atoms with E-state index in [2.05, 4.69) is 17.0 Å². The van der Waals surface area contributed by atoms with Crippen molar-refractivity contribution < 1.29 is 34.3 Å². The maximum absolute atomic E-state index is 11.8. The number of aliphatic hydroxyl groups excluding tert-OH is 3. The SMILES string of the molecule is C=CCn1c(CCc2ccc(OC)c(OC)c2)nn([C@@H]2O[C@H](CO)[C@@H](O)[C@H](O)[C@H]2NC(C)=O)c1=S. The number of aliphatic hydroxyl groups is 3. The number of benzene rings is 1. The Kier molecular flexibility index (Phi) is 9.03. The van der Waals surface area contributed by atoms with Crippen molar-refractivity contribution in [2.75, 3.05) is 20.8 Å². The van der Waals surface area contributed by atoms with Gasteiger partial charge in [-0.2, -0.15) is 5.10 Å². The summed E-state index contributed by atoms with van der Waals surface area (Å²) in [6.45, 7) is 4.93. The molecule has 1 aromatic heterocycles. The molecule has 192 valence electrons. The second-order valence-electron chi connectivity index (χ2n) is 8.19. The molecule has 0 bridgehead atoms. The van der Waals surface area contributed by atoms with Crippen LogP contribution in [0.1, 0.15) is 24.5 Å². The number of hydrogen-bond donors (Lipinski definition) is 4. The van der Waals surface area contributed by atoms with E-state index >= 15 is 0 Å². The van der Waals surface area contributed by atoms with E-state index in [1.54, 1.807) is 24.9 Å². The molecule has 0 unspecified atom stereocenters. The monoisotopic (exact) mass is 508 g/mol. The number of nitrogens with zero attached hydrogens (tertiary/aromatic N) is 3. The largest absolute Gasteiger partial charge is 0.493 e. The van der Waals surface area contributed by atoms with E-state index in [0.29, 0.717) is 36.7 Å². The van der Waals surface area contributed by atoms with Gasteiger partial charge < -0.3 is 39.4 Å². The molecule has 1 aliphatic rings. The van der Waals surface area contributed by atoms with Crippen LogP contribution in [0.2, 0.25) is 0 Å². The van der Waals surface area contributed by atoms with Crippen LogP contribution in [0.15, 0.2) is 30.9 Å². The lowest BCUT2D eigenvalue weighted by atomic mass is 9.96. The predicted molar refractivity (Wildman–Crippen MR) is 129 cm³/mol. The summed E-state index contributed by atoms with van der Waals surface area (Å²) in [4.78, 5) is 11.8. The van der Waals surface area contributed by atoms with Crippen LogP contribution in [-0.4, -0.2) is 80.8 Å². The summed E-state index contributed by atoms with van der Waals surface area (Å²) in [5.41, 5.74) is 0.997. The lowest BCUT2D eigenvalue weighted by molar-refractivity contribution is -0.219. The number of nitrogens with one attached hydrogen (secondary N) is 1. The molecule has 5 atom stereocenters. The van der Waals surface area contributed by atoms with E-state index in [9.17, 15) is 20.1 Å². The molecule has 35 heavy (non-hydrogen) atoms. The molecule has 3 rings (SSSR count). The average molecular weight is 509 g/mol. The number of hydrogen-bond acceptors (Lipinski definition) is 9. The van der Waals surface area contributed by atoms with Crippen molar-refractivity contribution in [3.05, 3.63) is 47.0 Å². The Labute approximate surface area is 208 Å². The lowest BCUT2D eigenvalue weighted by Gasteiger charge is -2.42. The molecule has 1 fully saturated rings. The Bertz CT molecular complexity index is 1100. The minimum Gasteiger partial charge on any atom is -0.493 e. The van der Waals surface area contributed by atoms with E-state index < -0.39 is 43.1 Å². The van der Waals surface area contributed by atoms with Gasteiger partial charge in [0, 0.05) is 19.9 Å². The quantitative estimate of drug-likeness (QED) is 0.267. The Hall–Kier alpha value is -2.77. The Morgan fingerprint density at radius 1 is 1.26 bits per heavy atom. The van der Waals surface area contributed by atoms with Gasteiger partial charge in [0.15, 0.2) is 17.7 Å². The van der Waals surface area contributed by atoms with Crippen molar-refractivity contribution >= 4 is 18.1 Å².